The Bertz CT molecular complexity index is 1240. The molecule has 2 aromatic carbocycles. The number of nitrogens with zero attached hydrogens (tertiary/aromatic N) is 4. The number of hydrogen-bond acceptors (Lipinski definition) is 5. The van der Waals surface area contributed by atoms with E-state index in [0.29, 0.717) is 49.8 Å². The fourth-order valence-electron chi connectivity index (χ4n) is 4.66. The number of carbonyl (C=O) groups excluding carboxylic acids is 2. The highest BCUT2D eigenvalue weighted by molar-refractivity contribution is 5.96. The molecule has 3 aromatic rings. The minimum absolute atomic E-state index is 0.0339. The molecule has 0 radical (unpaired) electrons. The molecule has 1 saturated heterocycles. The fraction of sp³-hybridized carbons (Fsp3) is 0.370. The van der Waals surface area contributed by atoms with Crippen molar-refractivity contribution in [2.75, 3.05) is 32.8 Å². The summed E-state index contributed by atoms with van der Waals surface area (Å²) in [5.41, 5.74) is 4.59. The van der Waals surface area contributed by atoms with Crippen LogP contribution >= 0.6 is 0 Å². The van der Waals surface area contributed by atoms with E-state index in [1.165, 1.54) is 5.56 Å². The van der Waals surface area contributed by atoms with Crippen LogP contribution in [0.5, 0.6) is 11.5 Å². The van der Waals surface area contributed by atoms with Crippen molar-refractivity contribution >= 4 is 11.8 Å². The van der Waals surface area contributed by atoms with E-state index in [0.717, 1.165) is 17.0 Å². The van der Waals surface area contributed by atoms with Crippen LogP contribution in [0.1, 0.15) is 32.9 Å². The summed E-state index contributed by atoms with van der Waals surface area (Å²) in [7, 11) is 0. The van der Waals surface area contributed by atoms with Crippen molar-refractivity contribution in [3.05, 3.63) is 76.6 Å². The number of amides is 2. The van der Waals surface area contributed by atoms with Gasteiger partial charge in [0, 0.05) is 31.9 Å². The highest BCUT2D eigenvalue weighted by atomic mass is 16.6. The summed E-state index contributed by atoms with van der Waals surface area (Å²) in [6.45, 7) is 8.55. The van der Waals surface area contributed by atoms with Crippen LogP contribution in [0.25, 0.3) is 0 Å². The number of para-hydroxylation sites is 2. The van der Waals surface area contributed by atoms with Gasteiger partial charge in [0.2, 0.25) is 6.10 Å². The molecule has 2 amide bonds. The van der Waals surface area contributed by atoms with Crippen molar-refractivity contribution in [3.8, 4) is 11.5 Å². The van der Waals surface area contributed by atoms with Crippen LogP contribution < -0.4 is 9.47 Å². The number of aromatic nitrogens is 2. The predicted molar refractivity (Wildman–Crippen MR) is 131 cm³/mol. The highest BCUT2D eigenvalue weighted by Crippen LogP contribution is 2.31. The molecule has 0 saturated carbocycles. The van der Waals surface area contributed by atoms with E-state index in [9.17, 15) is 9.59 Å². The third kappa shape index (κ3) is 4.60. The van der Waals surface area contributed by atoms with Gasteiger partial charge in [-0.3, -0.25) is 14.3 Å². The van der Waals surface area contributed by atoms with Gasteiger partial charge >= 0.3 is 0 Å². The smallest absolute Gasteiger partial charge is 0.267 e. The van der Waals surface area contributed by atoms with E-state index in [-0.39, 0.29) is 18.4 Å². The second-order valence-corrected chi connectivity index (χ2v) is 9.17. The minimum atomic E-state index is -0.670. The minimum Gasteiger partial charge on any atom is -0.485 e. The van der Waals surface area contributed by atoms with Gasteiger partial charge in [-0.15, -0.1) is 0 Å². The number of carbonyl (C=O) groups is 2. The lowest BCUT2D eigenvalue weighted by atomic mass is 10.1. The number of aryl methyl sites for hydroxylation is 2. The van der Waals surface area contributed by atoms with E-state index >= 15 is 0 Å². The summed E-state index contributed by atoms with van der Waals surface area (Å²) in [6, 6.07) is 15.7. The summed E-state index contributed by atoms with van der Waals surface area (Å²) in [5, 5.41) is 4.64. The van der Waals surface area contributed by atoms with Gasteiger partial charge in [-0.25, -0.2) is 0 Å². The number of hydrogen-bond donors (Lipinski definition) is 0. The van der Waals surface area contributed by atoms with Crippen molar-refractivity contribution in [2.24, 2.45) is 0 Å². The first-order valence-corrected chi connectivity index (χ1v) is 12.0. The highest BCUT2D eigenvalue weighted by Gasteiger charge is 2.34. The maximum absolute atomic E-state index is 13.4. The third-order valence-corrected chi connectivity index (χ3v) is 6.71. The van der Waals surface area contributed by atoms with E-state index < -0.39 is 6.10 Å². The molecule has 1 unspecified atom stereocenters. The molecule has 3 heterocycles. The van der Waals surface area contributed by atoms with Crippen LogP contribution in [-0.4, -0.2) is 70.3 Å². The first kappa shape index (κ1) is 23.0. The zero-order chi connectivity index (χ0) is 24.5. The predicted octanol–water partition coefficient (Wildman–Crippen LogP) is 2.98. The van der Waals surface area contributed by atoms with Gasteiger partial charge in [0.1, 0.15) is 6.61 Å². The topological polar surface area (TPSA) is 76.9 Å². The van der Waals surface area contributed by atoms with Crippen LogP contribution in [0.15, 0.2) is 48.5 Å². The average Bonchev–Trinajstić information content (AvgIpc) is 3.16. The molecule has 0 N–H and O–H groups in total. The molecule has 1 fully saturated rings. The van der Waals surface area contributed by atoms with Gasteiger partial charge in [0.15, 0.2) is 11.5 Å². The molecular formula is C27H30N4O4. The van der Waals surface area contributed by atoms with Crippen LogP contribution in [0, 0.1) is 20.8 Å². The van der Waals surface area contributed by atoms with E-state index in [2.05, 4.69) is 36.3 Å². The summed E-state index contributed by atoms with van der Waals surface area (Å²) < 4.78 is 13.5. The summed E-state index contributed by atoms with van der Waals surface area (Å²) >= 11 is 0. The van der Waals surface area contributed by atoms with Crippen LogP contribution in [0.3, 0.4) is 0 Å². The monoisotopic (exact) mass is 474 g/mol. The Hall–Kier alpha value is -3.81. The second-order valence-electron chi connectivity index (χ2n) is 9.17. The van der Waals surface area contributed by atoms with E-state index in [4.69, 9.17) is 9.47 Å². The van der Waals surface area contributed by atoms with Gasteiger partial charge in [0.25, 0.3) is 11.8 Å². The lowest BCUT2D eigenvalue weighted by molar-refractivity contribution is -0.142. The Morgan fingerprint density at radius 2 is 1.57 bits per heavy atom. The first-order valence-electron chi connectivity index (χ1n) is 12.0. The molecule has 8 nitrogen and oxygen atoms in total. The fourth-order valence-corrected chi connectivity index (χ4v) is 4.66. The Balaban J connectivity index is 1.21. The molecule has 5 rings (SSSR count). The van der Waals surface area contributed by atoms with Crippen LogP contribution in [0.4, 0.5) is 0 Å². The Labute approximate surface area is 205 Å². The van der Waals surface area contributed by atoms with Gasteiger partial charge in [-0.05, 0) is 38.5 Å². The van der Waals surface area contributed by atoms with Crippen molar-refractivity contribution < 1.29 is 19.1 Å². The van der Waals surface area contributed by atoms with Gasteiger partial charge in [-0.2, -0.15) is 5.10 Å². The lowest BCUT2D eigenvalue weighted by Gasteiger charge is -2.37. The summed E-state index contributed by atoms with van der Waals surface area (Å²) in [5.74, 6) is 1.10. The normalized spacial score (nSPS) is 17.4. The summed E-state index contributed by atoms with van der Waals surface area (Å²) in [4.78, 5) is 30.0. The Kier molecular flexibility index (Phi) is 6.19. The molecule has 35 heavy (non-hydrogen) atoms. The number of rotatable bonds is 4. The summed E-state index contributed by atoms with van der Waals surface area (Å²) in [6.07, 6.45) is -0.670. The molecule has 1 aromatic heterocycles. The molecule has 2 aliphatic rings. The van der Waals surface area contributed by atoms with Crippen molar-refractivity contribution in [1.82, 2.24) is 19.6 Å². The number of benzene rings is 2. The second kappa shape index (κ2) is 9.44. The standard InChI is InChI=1S/C27H30N4O4/c1-18-8-10-21(11-9-18)16-31-20(3)25(19(2)28-31)27(33)30-14-12-29(13-15-30)26(32)24-17-34-22-6-4-5-7-23(22)35-24/h4-11,24H,12-17H2,1-3H3. The lowest BCUT2D eigenvalue weighted by Crippen LogP contribution is -2.55. The van der Waals surface area contributed by atoms with Crippen LogP contribution in [0.2, 0.25) is 0 Å². The van der Waals surface area contributed by atoms with Gasteiger partial charge in [-0.1, -0.05) is 42.0 Å². The maximum Gasteiger partial charge on any atom is 0.267 e. The zero-order valence-corrected chi connectivity index (χ0v) is 20.4. The molecule has 1 atom stereocenters. The molecule has 0 aliphatic carbocycles. The van der Waals surface area contributed by atoms with E-state index in [1.54, 1.807) is 11.0 Å². The maximum atomic E-state index is 13.4. The molecule has 0 spiro atoms. The van der Waals surface area contributed by atoms with Crippen LogP contribution in [-0.2, 0) is 11.3 Å². The number of ether oxygens (including phenoxy) is 2. The Morgan fingerprint density at radius 3 is 2.29 bits per heavy atom. The Morgan fingerprint density at radius 1 is 0.914 bits per heavy atom. The van der Waals surface area contributed by atoms with Crippen molar-refractivity contribution in [1.29, 1.82) is 0 Å². The van der Waals surface area contributed by atoms with Crippen molar-refractivity contribution in [3.63, 3.8) is 0 Å². The molecular weight excluding hydrogens is 444 g/mol. The largest absolute Gasteiger partial charge is 0.485 e. The van der Waals surface area contributed by atoms with Crippen molar-refractivity contribution in [2.45, 2.75) is 33.4 Å². The molecule has 2 aliphatic heterocycles. The van der Waals surface area contributed by atoms with Gasteiger partial charge in [0.05, 0.1) is 17.8 Å². The molecule has 182 valence electrons. The molecule has 8 heteroatoms. The van der Waals surface area contributed by atoms with E-state index in [1.807, 2.05) is 41.6 Å². The number of piperazine rings is 1. The number of fused-ring (bicyclic) bond motifs is 1. The average molecular weight is 475 g/mol. The quantitative estimate of drug-likeness (QED) is 0.581. The van der Waals surface area contributed by atoms with Gasteiger partial charge < -0.3 is 19.3 Å². The third-order valence-electron chi connectivity index (χ3n) is 6.71. The molecule has 0 bridgehead atoms. The first-order chi connectivity index (χ1) is 16.9. The SMILES string of the molecule is Cc1ccc(Cn2nc(C)c(C(=O)N3CCN(C(=O)C4COc5ccccc5O4)CC3)c2C)cc1. The zero-order valence-electron chi connectivity index (χ0n) is 20.4.